The van der Waals surface area contributed by atoms with Crippen LogP contribution in [0.4, 0.5) is 0 Å². The molecular formula is C18H17NO2S. The SMILES string of the molecule is Cc1ccc(-c2cc(-n3c(C)ccc3C)c(C(=O)O)s2)cc1. The predicted molar refractivity (Wildman–Crippen MR) is 90.3 cm³/mol. The summed E-state index contributed by atoms with van der Waals surface area (Å²) in [5, 5.41) is 9.55. The third-order valence-corrected chi connectivity index (χ3v) is 4.92. The van der Waals surface area contributed by atoms with Crippen molar-refractivity contribution >= 4 is 17.3 Å². The van der Waals surface area contributed by atoms with Gasteiger partial charge in [0.05, 0.1) is 5.69 Å². The van der Waals surface area contributed by atoms with Crippen molar-refractivity contribution in [2.75, 3.05) is 0 Å². The quantitative estimate of drug-likeness (QED) is 0.753. The van der Waals surface area contributed by atoms with Crippen LogP contribution in [0.25, 0.3) is 16.1 Å². The lowest BCUT2D eigenvalue weighted by atomic mass is 10.1. The van der Waals surface area contributed by atoms with Crippen molar-refractivity contribution in [1.29, 1.82) is 0 Å². The highest BCUT2D eigenvalue weighted by Crippen LogP contribution is 2.35. The minimum Gasteiger partial charge on any atom is -0.477 e. The van der Waals surface area contributed by atoms with E-state index in [-0.39, 0.29) is 0 Å². The van der Waals surface area contributed by atoms with Crippen molar-refractivity contribution < 1.29 is 9.90 Å². The van der Waals surface area contributed by atoms with Gasteiger partial charge >= 0.3 is 5.97 Å². The summed E-state index contributed by atoms with van der Waals surface area (Å²) in [4.78, 5) is 13.0. The molecule has 0 aliphatic heterocycles. The number of carboxylic acid groups (broad SMARTS) is 1. The Balaban J connectivity index is 2.19. The summed E-state index contributed by atoms with van der Waals surface area (Å²) in [6, 6.07) is 14.1. The zero-order valence-electron chi connectivity index (χ0n) is 12.8. The summed E-state index contributed by atoms with van der Waals surface area (Å²) >= 11 is 1.32. The van der Waals surface area contributed by atoms with Crippen LogP contribution in [0.5, 0.6) is 0 Å². The zero-order chi connectivity index (χ0) is 15.9. The molecule has 3 aromatic rings. The molecule has 22 heavy (non-hydrogen) atoms. The lowest BCUT2D eigenvalue weighted by Crippen LogP contribution is -2.03. The first-order valence-corrected chi connectivity index (χ1v) is 7.88. The highest BCUT2D eigenvalue weighted by molar-refractivity contribution is 7.17. The highest BCUT2D eigenvalue weighted by atomic mass is 32.1. The van der Waals surface area contributed by atoms with E-state index in [0.29, 0.717) is 4.88 Å². The molecular weight excluding hydrogens is 294 g/mol. The van der Waals surface area contributed by atoms with Gasteiger partial charge in [-0.25, -0.2) is 4.79 Å². The first kappa shape index (κ1) is 14.6. The number of thiophene rings is 1. The Morgan fingerprint density at radius 1 is 1.00 bits per heavy atom. The standard InChI is InChI=1S/C18H17NO2S/c1-11-4-8-14(9-5-11)16-10-15(17(22-16)18(20)21)19-12(2)6-7-13(19)3/h4-10H,1-3H3,(H,20,21). The molecule has 0 unspecified atom stereocenters. The van der Waals surface area contributed by atoms with E-state index in [1.807, 2.05) is 67.8 Å². The van der Waals surface area contributed by atoms with Gasteiger partial charge in [0.1, 0.15) is 4.88 Å². The Labute approximate surface area is 133 Å². The minimum atomic E-state index is -0.883. The maximum absolute atomic E-state index is 11.6. The van der Waals surface area contributed by atoms with Crippen molar-refractivity contribution in [2.24, 2.45) is 0 Å². The molecule has 0 saturated carbocycles. The topological polar surface area (TPSA) is 42.2 Å². The summed E-state index contributed by atoms with van der Waals surface area (Å²) in [6.45, 7) is 6.02. The van der Waals surface area contributed by atoms with Crippen LogP contribution < -0.4 is 0 Å². The van der Waals surface area contributed by atoms with Crippen LogP contribution in [0, 0.1) is 20.8 Å². The second-order valence-electron chi connectivity index (χ2n) is 5.45. The predicted octanol–water partition coefficient (Wildman–Crippen LogP) is 4.83. The molecule has 0 atom stereocenters. The molecule has 3 nitrogen and oxygen atoms in total. The number of carboxylic acids is 1. The van der Waals surface area contributed by atoms with Crippen molar-refractivity contribution in [2.45, 2.75) is 20.8 Å². The van der Waals surface area contributed by atoms with E-state index in [1.165, 1.54) is 16.9 Å². The third kappa shape index (κ3) is 2.46. The maximum Gasteiger partial charge on any atom is 0.348 e. The summed E-state index contributed by atoms with van der Waals surface area (Å²) in [5.41, 5.74) is 5.05. The highest BCUT2D eigenvalue weighted by Gasteiger charge is 2.19. The molecule has 0 aliphatic rings. The van der Waals surface area contributed by atoms with Crippen LogP contribution in [0.15, 0.2) is 42.5 Å². The Hall–Kier alpha value is -2.33. The van der Waals surface area contributed by atoms with Crippen molar-refractivity contribution in [3.8, 4) is 16.1 Å². The molecule has 2 aromatic heterocycles. The van der Waals surface area contributed by atoms with E-state index in [1.54, 1.807) is 0 Å². The molecule has 112 valence electrons. The van der Waals surface area contributed by atoms with Gasteiger partial charge in [0.15, 0.2) is 0 Å². The van der Waals surface area contributed by atoms with Crippen molar-refractivity contribution in [1.82, 2.24) is 4.57 Å². The lowest BCUT2D eigenvalue weighted by Gasteiger charge is -2.08. The number of hydrogen-bond donors (Lipinski definition) is 1. The van der Waals surface area contributed by atoms with E-state index in [2.05, 4.69) is 0 Å². The molecule has 0 aliphatic carbocycles. The van der Waals surface area contributed by atoms with Gasteiger partial charge in [-0.3, -0.25) is 0 Å². The molecule has 0 bridgehead atoms. The molecule has 0 amide bonds. The summed E-state index contributed by atoms with van der Waals surface area (Å²) in [6.07, 6.45) is 0. The second-order valence-corrected chi connectivity index (χ2v) is 6.50. The van der Waals surface area contributed by atoms with Crippen LogP contribution >= 0.6 is 11.3 Å². The fourth-order valence-corrected chi connectivity index (χ4v) is 3.60. The van der Waals surface area contributed by atoms with Crippen molar-refractivity contribution in [3.05, 3.63) is 64.3 Å². The van der Waals surface area contributed by atoms with E-state index in [0.717, 1.165) is 27.5 Å². The fourth-order valence-electron chi connectivity index (χ4n) is 2.61. The Morgan fingerprint density at radius 3 is 2.14 bits per heavy atom. The van der Waals surface area contributed by atoms with Crippen LogP contribution in [-0.4, -0.2) is 15.6 Å². The fraction of sp³-hybridized carbons (Fsp3) is 0.167. The van der Waals surface area contributed by atoms with Crippen LogP contribution in [0.1, 0.15) is 26.6 Å². The van der Waals surface area contributed by atoms with Gasteiger partial charge in [-0.05, 0) is 44.5 Å². The average Bonchev–Trinajstić information content (AvgIpc) is 3.04. The van der Waals surface area contributed by atoms with Gasteiger partial charge in [0, 0.05) is 16.3 Å². The van der Waals surface area contributed by atoms with Gasteiger partial charge < -0.3 is 9.67 Å². The molecule has 1 N–H and O–H groups in total. The van der Waals surface area contributed by atoms with E-state index < -0.39 is 5.97 Å². The summed E-state index contributed by atoms with van der Waals surface area (Å²) in [7, 11) is 0. The van der Waals surface area contributed by atoms with Gasteiger partial charge in [0.2, 0.25) is 0 Å². The largest absolute Gasteiger partial charge is 0.477 e. The smallest absolute Gasteiger partial charge is 0.348 e. The summed E-state index contributed by atoms with van der Waals surface area (Å²) < 4.78 is 2.00. The van der Waals surface area contributed by atoms with E-state index >= 15 is 0 Å². The van der Waals surface area contributed by atoms with Crippen LogP contribution in [-0.2, 0) is 0 Å². The zero-order valence-corrected chi connectivity index (χ0v) is 13.6. The Bertz CT molecular complexity index is 821. The molecule has 3 rings (SSSR count). The number of aromatic carboxylic acids is 1. The molecule has 0 radical (unpaired) electrons. The second kappa shape index (κ2) is 5.46. The normalized spacial score (nSPS) is 10.9. The van der Waals surface area contributed by atoms with Gasteiger partial charge in [-0.2, -0.15) is 0 Å². The number of aromatic nitrogens is 1. The molecule has 0 spiro atoms. The maximum atomic E-state index is 11.6. The summed E-state index contributed by atoms with van der Waals surface area (Å²) in [5.74, 6) is -0.883. The molecule has 1 aromatic carbocycles. The number of benzene rings is 1. The molecule has 4 heteroatoms. The molecule has 0 fully saturated rings. The van der Waals surface area contributed by atoms with Crippen LogP contribution in [0.2, 0.25) is 0 Å². The van der Waals surface area contributed by atoms with Gasteiger partial charge in [-0.15, -0.1) is 11.3 Å². The molecule has 2 heterocycles. The number of nitrogens with zero attached hydrogens (tertiary/aromatic N) is 1. The third-order valence-electron chi connectivity index (χ3n) is 3.75. The van der Waals surface area contributed by atoms with Crippen LogP contribution in [0.3, 0.4) is 0 Å². The number of carbonyl (C=O) groups is 1. The van der Waals surface area contributed by atoms with E-state index in [4.69, 9.17) is 0 Å². The number of aryl methyl sites for hydroxylation is 3. The molecule has 0 saturated heterocycles. The van der Waals surface area contributed by atoms with E-state index in [9.17, 15) is 9.90 Å². The first-order chi connectivity index (χ1) is 10.5. The first-order valence-electron chi connectivity index (χ1n) is 7.07. The number of hydrogen-bond acceptors (Lipinski definition) is 2. The Kier molecular flexibility index (Phi) is 3.62. The van der Waals surface area contributed by atoms with Gasteiger partial charge in [0.25, 0.3) is 0 Å². The minimum absolute atomic E-state index is 0.373. The Morgan fingerprint density at radius 2 is 1.59 bits per heavy atom. The number of rotatable bonds is 3. The average molecular weight is 311 g/mol. The monoisotopic (exact) mass is 311 g/mol. The van der Waals surface area contributed by atoms with Crippen molar-refractivity contribution in [3.63, 3.8) is 0 Å². The van der Waals surface area contributed by atoms with Gasteiger partial charge in [-0.1, -0.05) is 29.8 Å². The lowest BCUT2D eigenvalue weighted by molar-refractivity contribution is 0.0702.